The third kappa shape index (κ3) is 3.79. The molecule has 0 spiro atoms. The Labute approximate surface area is 152 Å². The Hall–Kier alpha value is -2.08. The molecular formula is C19H24N2O3S. The Morgan fingerprint density at radius 3 is 2.92 bits per heavy atom. The van der Waals surface area contributed by atoms with Gasteiger partial charge < -0.3 is 14.8 Å². The summed E-state index contributed by atoms with van der Waals surface area (Å²) in [6, 6.07) is 7.70. The van der Waals surface area contributed by atoms with E-state index in [-0.39, 0.29) is 11.9 Å². The van der Waals surface area contributed by atoms with Crippen LogP contribution < -0.4 is 10.1 Å². The predicted molar refractivity (Wildman–Crippen MR) is 99.4 cm³/mol. The lowest BCUT2D eigenvalue weighted by Crippen LogP contribution is -2.19. The van der Waals surface area contributed by atoms with Gasteiger partial charge in [0.1, 0.15) is 11.4 Å². The summed E-state index contributed by atoms with van der Waals surface area (Å²) in [4.78, 5) is 17.6. The fraction of sp³-hybridized carbons (Fsp3) is 0.474. The van der Waals surface area contributed by atoms with Gasteiger partial charge in [0.25, 0.3) is 0 Å². The van der Waals surface area contributed by atoms with Crippen LogP contribution in [-0.4, -0.2) is 18.1 Å². The number of cyclic esters (lactones) is 1. The van der Waals surface area contributed by atoms with Gasteiger partial charge in [0.15, 0.2) is 5.13 Å². The maximum Gasteiger partial charge on any atom is 0.310 e. The first-order chi connectivity index (χ1) is 11.9. The van der Waals surface area contributed by atoms with Gasteiger partial charge >= 0.3 is 5.97 Å². The average molecular weight is 360 g/mol. The van der Waals surface area contributed by atoms with Crippen molar-refractivity contribution in [3.05, 3.63) is 35.3 Å². The van der Waals surface area contributed by atoms with E-state index in [1.165, 1.54) is 11.3 Å². The molecule has 2 unspecified atom stereocenters. The van der Waals surface area contributed by atoms with Crippen molar-refractivity contribution in [3.63, 3.8) is 0 Å². The second-order valence-electron chi connectivity index (χ2n) is 7.04. The molecule has 1 aromatic carbocycles. The molecule has 3 rings (SSSR count). The molecule has 1 saturated heterocycles. The summed E-state index contributed by atoms with van der Waals surface area (Å²) in [5, 5.41) is 4.03. The van der Waals surface area contributed by atoms with Crippen molar-refractivity contribution in [3.8, 4) is 5.75 Å². The van der Waals surface area contributed by atoms with Crippen molar-refractivity contribution in [2.24, 2.45) is 11.8 Å². The van der Waals surface area contributed by atoms with Crippen LogP contribution in [0, 0.1) is 11.8 Å². The van der Waals surface area contributed by atoms with Gasteiger partial charge in [-0.15, -0.1) is 0 Å². The molecule has 1 aromatic heterocycles. The van der Waals surface area contributed by atoms with Crippen LogP contribution in [0.3, 0.4) is 0 Å². The minimum Gasteiger partial charge on any atom is -0.495 e. The molecule has 134 valence electrons. The van der Waals surface area contributed by atoms with Gasteiger partial charge in [-0.05, 0) is 31.4 Å². The van der Waals surface area contributed by atoms with E-state index >= 15 is 0 Å². The number of thiazole rings is 1. The zero-order chi connectivity index (χ0) is 18.0. The number of hydrogen-bond acceptors (Lipinski definition) is 6. The molecule has 1 aliphatic rings. The minimum atomic E-state index is -0.588. The Morgan fingerprint density at radius 2 is 2.20 bits per heavy atom. The number of hydrogen-bond donors (Lipinski definition) is 1. The molecular weight excluding hydrogens is 336 g/mol. The molecule has 1 N–H and O–H groups in total. The van der Waals surface area contributed by atoms with Gasteiger partial charge in [0.05, 0.1) is 23.6 Å². The maximum absolute atomic E-state index is 12.2. The lowest BCUT2D eigenvalue weighted by molar-refractivity contribution is -0.150. The van der Waals surface area contributed by atoms with Crippen LogP contribution in [0.5, 0.6) is 5.75 Å². The first-order valence-electron chi connectivity index (χ1n) is 8.50. The van der Waals surface area contributed by atoms with Crippen LogP contribution in [0.15, 0.2) is 30.5 Å². The molecule has 0 radical (unpaired) electrons. The quantitative estimate of drug-likeness (QED) is 0.755. The highest BCUT2D eigenvalue weighted by Gasteiger charge is 2.45. The van der Waals surface area contributed by atoms with Crippen LogP contribution in [0.1, 0.15) is 38.5 Å². The third-order valence-corrected chi connectivity index (χ3v) is 5.58. The normalized spacial score (nSPS) is 22.9. The molecule has 2 heterocycles. The lowest BCUT2D eigenvalue weighted by Gasteiger charge is -2.20. The molecule has 2 atom stereocenters. The summed E-state index contributed by atoms with van der Waals surface area (Å²) in [6.07, 6.45) is 3.37. The summed E-state index contributed by atoms with van der Waals surface area (Å²) >= 11 is 1.51. The number of ether oxygens (including phenoxy) is 2. The van der Waals surface area contributed by atoms with Gasteiger partial charge in [-0.25, -0.2) is 4.98 Å². The van der Waals surface area contributed by atoms with Crippen LogP contribution in [0.25, 0.3) is 0 Å². The number of nitrogens with one attached hydrogen (secondary N) is 1. The van der Waals surface area contributed by atoms with E-state index in [0.717, 1.165) is 27.9 Å². The molecule has 5 nitrogen and oxygen atoms in total. The monoisotopic (exact) mass is 360 g/mol. The Bertz CT molecular complexity index is 759. The molecule has 0 bridgehead atoms. The van der Waals surface area contributed by atoms with Crippen LogP contribution in [-0.2, 0) is 15.1 Å². The summed E-state index contributed by atoms with van der Waals surface area (Å²) in [5.41, 5.74) is 0.270. The van der Waals surface area contributed by atoms with Crippen molar-refractivity contribution < 1.29 is 14.3 Å². The number of benzene rings is 1. The summed E-state index contributed by atoms with van der Waals surface area (Å²) in [6.45, 7) is 6.24. The summed E-state index contributed by atoms with van der Waals surface area (Å²) in [7, 11) is 1.64. The Balaban J connectivity index is 1.76. The number of esters is 1. The van der Waals surface area contributed by atoms with Crippen molar-refractivity contribution in [2.45, 2.75) is 39.2 Å². The number of anilines is 2. The van der Waals surface area contributed by atoms with E-state index < -0.39 is 5.60 Å². The fourth-order valence-corrected chi connectivity index (χ4v) is 4.16. The average Bonchev–Trinajstić information content (AvgIpc) is 3.13. The molecule has 2 aromatic rings. The summed E-state index contributed by atoms with van der Waals surface area (Å²) in [5.74, 6) is 1.11. The zero-order valence-electron chi connectivity index (χ0n) is 15.0. The number of carbonyl (C=O) groups is 1. The standard InChI is InChI=1S/C19H24N2O3S/c1-12(2)9-13-10-19(3,24-17(13)22)16-11-20-18(25-16)21-14-7-5-6-8-15(14)23-4/h5-8,11-13H,9-10H2,1-4H3,(H,20,21). The molecule has 6 heteroatoms. The Kier molecular flexibility index (Phi) is 4.99. The van der Waals surface area contributed by atoms with E-state index in [9.17, 15) is 4.79 Å². The topological polar surface area (TPSA) is 60.5 Å². The number of para-hydroxylation sites is 2. The van der Waals surface area contributed by atoms with Gasteiger partial charge in [0, 0.05) is 12.6 Å². The maximum atomic E-state index is 12.2. The van der Waals surface area contributed by atoms with E-state index in [1.54, 1.807) is 13.3 Å². The fourth-order valence-electron chi connectivity index (χ4n) is 3.24. The number of carbonyl (C=O) groups excluding carboxylic acids is 1. The number of nitrogens with zero attached hydrogens (tertiary/aromatic N) is 1. The minimum absolute atomic E-state index is 0.0299. The first-order valence-corrected chi connectivity index (χ1v) is 9.32. The predicted octanol–water partition coefficient (Wildman–Crippen LogP) is 4.72. The van der Waals surface area contributed by atoms with Gasteiger partial charge in [-0.3, -0.25) is 4.79 Å². The van der Waals surface area contributed by atoms with Gasteiger partial charge in [0.2, 0.25) is 0 Å². The van der Waals surface area contributed by atoms with Crippen molar-refractivity contribution in [1.82, 2.24) is 4.98 Å². The highest BCUT2D eigenvalue weighted by Crippen LogP contribution is 2.44. The largest absolute Gasteiger partial charge is 0.495 e. The van der Waals surface area contributed by atoms with Crippen molar-refractivity contribution >= 4 is 28.1 Å². The highest BCUT2D eigenvalue weighted by molar-refractivity contribution is 7.15. The number of methoxy groups -OCH3 is 1. The molecule has 0 aliphatic carbocycles. The van der Waals surface area contributed by atoms with E-state index in [4.69, 9.17) is 9.47 Å². The van der Waals surface area contributed by atoms with E-state index in [1.807, 2.05) is 31.2 Å². The second-order valence-corrected chi connectivity index (χ2v) is 8.07. The zero-order valence-corrected chi connectivity index (χ0v) is 15.9. The van der Waals surface area contributed by atoms with Gasteiger partial charge in [-0.1, -0.05) is 37.3 Å². The van der Waals surface area contributed by atoms with Crippen molar-refractivity contribution in [2.75, 3.05) is 12.4 Å². The highest BCUT2D eigenvalue weighted by atomic mass is 32.1. The first kappa shape index (κ1) is 17.7. The SMILES string of the molecule is COc1ccccc1Nc1ncc(C2(C)CC(CC(C)C)C(=O)O2)s1. The summed E-state index contributed by atoms with van der Waals surface area (Å²) < 4.78 is 11.1. The van der Waals surface area contributed by atoms with E-state index in [2.05, 4.69) is 24.1 Å². The molecule has 1 fully saturated rings. The Morgan fingerprint density at radius 1 is 1.44 bits per heavy atom. The molecule has 1 aliphatic heterocycles. The lowest BCUT2D eigenvalue weighted by atomic mass is 9.89. The van der Waals surface area contributed by atoms with Gasteiger partial charge in [-0.2, -0.15) is 0 Å². The van der Waals surface area contributed by atoms with E-state index in [0.29, 0.717) is 12.3 Å². The molecule has 0 amide bonds. The smallest absolute Gasteiger partial charge is 0.310 e. The number of aromatic nitrogens is 1. The third-order valence-electron chi connectivity index (χ3n) is 4.43. The molecule has 25 heavy (non-hydrogen) atoms. The van der Waals surface area contributed by atoms with Crippen LogP contribution in [0.4, 0.5) is 10.8 Å². The second kappa shape index (κ2) is 7.04. The van der Waals surface area contributed by atoms with Crippen molar-refractivity contribution in [1.29, 1.82) is 0 Å². The molecule has 0 saturated carbocycles. The number of rotatable bonds is 6. The van der Waals surface area contributed by atoms with Crippen LogP contribution >= 0.6 is 11.3 Å². The van der Waals surface area contributed by atoms with Crippen LogP contribution in [0.2, 0.25) is 0 Å².